The van der Waals surface area contributed by atoms with Crippen molar-refractivity contribution in [1.82, 2.24) is 20.2 Å². The Balaban J connectivity index is 1.66. The van der Waals surface area contributed by atoms with Crippen LogP contribution in [0.15, 0.2) is 24.4 Å². The van der Waals surface area contributed by atoms with Gasteiger partial charge in [0.05, 0.1) is 16.7 Å². The van der Waals surface area contributed by atoms with E-state index in [-0.39, 0.29) is 23.7 Å². The Morgan fingerprint density at radius 2 is 1.36 bits per heavy atom. The van der Waals surface area contributed by atoms with E-state index >= 15 is 0 Å². The molecule has 216 valence electrons. The van der Waals surface area contributed by atoms with Gasteiger partial charge in [0.2, 0.25) is 5.95 Å². The van der Waals surface area contributed by atoms with Crippen LogP contribution in [0.2, 0.25) is 0 Å². The smallest absolute Gasteiger partial charge is 0.362 e. The Labute approximate surface area is 224 Å². The number of halogens is 6. The van der Waals surface area contributed by atoms with Crippen LogP contribution in [0, 0.1) is 6.92 Å². The molecule has 1 aliphatic rings. The first kappa shape index (κ1) is 30.3. The van der Waals surface area contributed by atoms with Crippen LogP contribution in [0.1, 0.15) is 61.8 Å². The molecule has 2 N–H and O–H groups in total. The van der Waals surface area contributed by atoms with Gasteiger partial charge in [0.15, 0.2) is 0 Å². The maximum Gasteiger partial charge on any atom is 0.416 e. The number of nitrogens with zero attached hydrogens (tertiary/aromatic N) is 4. The van der Waals surface area contributed by atoms with Crippen molar-refractivity contribution in [3.63, 3.8) is 0 Å². The topological polar surface area (TPSA) is 73.4 Å². The molecule has 1 saturated carbocycles. The Morgan fingerprint density at radius 3 is 1.85 bits per heavy atom. The monoisotopic (exact) mass is 560 g/mol. The summed E-state index contributed by atoms with van der Waals surface area (Å²) in [5.74, 6) is 1.32. The molecule has 1 aromatic heterocycles. The lowest BCUT2D eigenvalue weighted by atomic mass is 9.89. The maximum atomic E-state index is 13.4. The Hall–Kier alpha value is -3.25. The molecule has 39 heavy (non-hydrogen) atoms. The number of alkyl halides is 6. The number of urea groups is 1. The van der Waals surface area contributed by atoms with Gasteiger partial charge in [-0.25, -0.2) is 9.78 Å². The number of carbonyl (C=O) groups excluding carboxylic acids is 1. The van der Waals surface area contributed by atoms with Crippen LogP contribution in [0.3, 0.4) is 0 Å². The lowest BCUT2D eigenvalue weighted by Gasteiger charge is -2.38. The Kier molecular flexibility index (Phi) is 8.61. The molecule has 7 nitrogen and oxygen atoms in total. The number of amides is 2. The number of rotatable bonds is 6. The van der Waals surface area contributed by atoms with Crippen LogP contribution in [0.5, 0.6) is 0 Å². The second-order valence-corrected chi connectivity index (χ2v) is 10.6. The first-order valence-corrected chi connectivity index (χ1v) is 12.5. The van der Waals surface area contributed by atoms with Crippen molar-refractivity contribution < 1.29 is 31.1 Å². The highest BCUT2D eigenvalue weighted by molar-refractivity contribution is 5.75. The zero-order valence-corrected chi connectivity index (χ0v) is 22.8. The van der Waals surface area contributed by atoms with Gasteiger partial charge < -0.3 is 20.4 Å². The lowest BCUT2D eigenvalue weighted by molar-refractivity contribution is -0.143. The second kappa shape index (κ2) is 11.1. The lowest BCUT2D eigenvalue weighted by Crippen LogP contribution is -2.51. The average molecular weight is 561 g/mol. The number of aryl methyl sites for hydroxylation is 1. The number of aromatic nitrogens is 2. The normalized spacial score (nSPS) is 18.5. The highest BCUT2D eigenvalue weighted by Crippen LogP contribution is 2.39. The standard InChI is InChI=1S/C26H34F6N6O/c1-15-14-33-22(36-21(15)37(4)5)34-19-7-9-20(10-8-19)35-23(39)38(6)24(2,3)16-11-17(25(27,28)29)13-18(12-16)26(30,31)32/h11-14,19-20H,7-10H2,1-6H3,(H,35,39)(H,33,34,36). The van der Waals surface area contributed by atoms with Gasteiger partial charge in [0.1, 0.15) is 5.82 Å². The molecule has 1 fully saturated rings. The molecule has 0 aliphatic heterocycles. The molecule has 0 saturated heterocycles. The summed E-state index contributed by atoms with van der Waals surface area (Å²) in [6.07, 6.45) is -5.51. The molecule has 3 rings (SSSR count). The number of hydrogen-bond acceptors (Lipinski definition) is 5. The average Bonchev–Trinajstić information content (AvgIpc) is 2.84. The third-order valence-electron chi connectivity index (χ3n) is 7.19. The number of nitrogens with one attached hydrogen (secondary N) is 2. The number of benzene rings is 1. The molecule has 0 unspecified atom stereocenters. The fourth-order valence-electron chi connectivity index (χ4n) is 4.55. The quantitative estimate of drug-likeness (QED) is 0.413. The van der Waals surface area contributed by atoms with Gasteiger partial charge in [-0.3, -0.25) is 0 Å². The van der Waals surface area contributed by atoms with Gasteiger partial charge in [-0.05, 0) is 70.2 Å². The summed E-state index contributed by atoms with van der Waals surface area (Å²) in [5.41, 5.74) is -3.63. The van der Waals surface area contributed by atoms with E-state index in [0.29, 0.717) is 30.9 Å². The third-order valence-corrected chi connectivity index (χ3v) is 7.19. The predicted octanol–water partition coefficient (Wildman–Crippen LogP) is 6.19. The van der Waals surface area contributed by atoms with Gasteiger partial charge in [-0.2, -0.15) is 31.3 Å². The molecule has 2 amide bonds. The van der Waals surface area contributed by atoms with Crippen molar-refractivity contribution in [2.75, 3.05) is 31.4 Å². The third kappa shape index (κ3) is 7.24. The van der Waals surface area contributed by atoms with Gasteiger partial charge in [-0.15, -0.1) is 0 Å². The van der Waals surface area contributed by atoms with Crippen molar-refractivity contribution in [1.29, 1.82) is 0 Å². The van der Waals surface area contributed by atoms with E-state index in [4.69, 9.17) is 0 Å². The predicted molar refractivity (Wildman–Crippen MR) is 137 cm³/mol. The highest BCUT2D eigenvalue weighted by atomic mass is 19.4. The Morgan fingerprint density at radius 1 is 0.872 bits per heavy atom. The molecule has 1 aliphatic carbocycles. The Bertz CT molecular complexity index is 1140. The molecule has 0 bridgehead atoms. The summed E-state index contributed by atoms with van der Waals surface area (Å²) < 4.78 is 80.2. The van der Waals surface area contributed by atoms with Crippen molar-refractivity contribution >= 4 is 17.8 Å². The van der Waals surface area contributed by atoms with Crippen molar-refractivity contribution in [3.05, 3.63) is 46.6 Å². The van der Waals surface area contributed by atoms with E-state index in [9.17, 15) is 31.1 Å². The number of carbonyl (C=O) groups is 1. The largest absolute Gasteiger partial charge is 0.416 e. The summed E-state index contributed by atoms with van der Waals surface area (Å²) in [6.45, 7) is 4.74. The molecule has 13 heteroatoms. The van der Waals surface area contributed by atoms with Crippen LogP contribution in [0.25, 0.3) is 0 Å². The second-order valence-electron chi connectivity index (χ2n) is 10.6. The molecule has 1 aromatic carbocycles. The van der Waals surface area contributed by atoms with Gasteiger partial charge in [0, 0.05) is 45.0 Å². The van der Waals surface area contributed by atoms with Gasteiger partial charge in [-0.1, -0.05) is 0 Å². The summed E-state index contributed by atoms with van der Waals surface area (Å²) in [5, 5.41) is 6.20. The van der Waals surface area contributed by atoms with E-state index in [1.54, 1.807) is 6.20 Å². The van der Waals surface area contributed by atoms with E-state index in [1.165, 1.54) is 20.9 Å². The van der Waals surface area contributed by atoms with E-state index in [0.717, 1.165) is 29.1 Å². The maximum absolute atomic E-state index is 13.4. The zero-order valence-electron chi connectivity index (χ0n) is 22.8. The summed E-state index contributed by atoms with van der Waals surface area (Å²) in [7, 11) is 5.15. The van der Waals surface area contributed by atoms with Crippen LogP contribution < -0.4 is 15.5 Å². The zero-order chi connectivity index (χ0) is 29.3. The minimum absolute atomic E-state index is 0.0785. The molecular weight excluding hydrogens is 526 g/mol. The SMILES string of the molecule is Cc1cnc(NC2CCC(NC(=O)N(C)C(C)(C)c3cc(C(F)(F)F)cc(C(F)(F)F)c3)CC2)nc1N(C)C. The molecule has 0 radical (unpaired) electrons. The summed E-state index contributed by atoms with van der Waals surface area (Å²) >= 11 is 0. The summed E-state index contributed by atoms with van der Waals surface area (Å²) in [4.78, 5) is 24.9. The van der Waals surface area contributed by atoms with Gasteiger partial charge in [0.25, 0.3) is 0 Å². The fourth-order valence-corrected chi connectivity index (χ4v) is 4.55. The van der Waals surface area contributed by atoms with Crippen molar-refractivity contribution in [2.24, 2.45) is 0 Å². The minimum atomic E-state index is -4.97. The summed E-state index contributed by atoms with van der Waals surface area (Å²) in [6, 6.07) is 0.707. The molecule has 2 aromatic rings. The number of anilines is 2. The van der Waals surface area contributed by atoms with E-state index in [1.807, 2.05) is 25.9 Å². The minimum Gasteiger partial charge on any atom is -0.362 e. The number of hydrogen-bond donors (Lipinski definition) is 2. The van der Waals surface area contributed by atoms with Crippen molar-refractivity contribution in [3.8, 4) is 0 Å². The van der Waals surface area contributed by atoms with Crippen LogP contribution in [0.4, 0.5) is 42.9 Å². The molecule has 0 spiro atoms. The molecule has 1 heterocycles. The first-order chi connectivity index (χ1) is 17.9. The molecule has 0 atom stereocenters. The fraction of sp³-hybridized carbons (Fsp3) is 0.577. The van der Waals surface area contributed by atoms with Crippen LogP contribution in [-0.4, -0.2) is 54.1 Å². The first-order valence-electron chi connectivity index (χ1n) is 12.5. The van der Waals surface area contributed by atoms with Gasteiger partial charge >= 0.3 is 18.4 Å². The highest BCUT2D eigenvalue weighted by Gasteiger charge is 2.40. The van der Waals surface area contributed by atoms with Crippen LogP contribution in [-0.2, 0) is 17.9 Å². The molecular formula is C26H34F6N6O. The van der Waals surface area contributed by atoms with Crippen molar-refractivity contribution in [2.45, 2.75) is 76.4 Å². The van der Waals surface area contributed by atoms with E-state index in [2.05, 4.69) is 20.6 Å². The van der Waals surface area contributed by atoms with Crippen LogP contribution >= 0.6 is 0 Å². The van der Waals surface area contributed by atoms with E-state index < -0.39 is 35.0 Å².